The van der Waals surface area contributed by atoms with Crippen LogP contribution in [0.4, 0.5) is 5.69 Å². The van der Waals surface area contributed by atoms with Gasteiger partial charge in [0.2, 0.25) is 5.91 Å². The Bertz CT molecular complexity index is 891. The van der Waals surface area contributed by atoms with Crippen LogP contribution >= 0.6 is 0 Å². The standard InChI is InChI=1S/C18H20N2O4S/c1-19-17(21)11-10-13-6-3-4-9-16(13)20-18(22)14-7-5-8-15(12-14)25(2,23)24/h3-9,12H,10-11H2,1-2H3,(H,19,21)(H,20,22). The lowest BCUT2D eigenvalue weighted by molar-refractivity contribution is -0.120. The zero-order chi connectivity index (χ0) is 18.4. The first-order valence-electron chi connectivity index (χ1n) is 7.71. The normalized spacial score (nSPS) is 11.0. The van der Waals surface area contributed by atoms with E-state index in [2.05, 4.69) is 10.6 Å². The zero-order valence-electron chi connectivity index (χ0n) is 14.1. The Kier molecular flexibility index (Phi) is 5.93. The fourth-order valence-electron chi connectivity index (χ4n) is 2.30. The van der Waals surface area contributed by atoms with E-state index >= 15 is 0 Å². The average molecular weight is 360 g/mol. The van der Waals surface area contributed by atoms with E-state index in [4.69, 9.17) is 0 Å². The molecule has 6 nitrogen and oxygen atoms in total. The number of hydrogen-bond acceptors (Lipinski definition) is 4. The van der Waals surface area contributed by atoms with E-state index in [0.717, 1.165) is 11.8 Å². The third kappa shape index (κ3) is 5.15. The molecule has 0 saturated carbocycles. The number of anilines is 1. The number of hydrogen-bond donors (Lipinski definition) is 2. The van der Waals surface area contributed by atoms with E-state index in [1.54, 1.807) is 25.2 Å². The Morgan fingerprint density at radius 1 is 1.04 bits per heavy atom. The highest BCUT2D eigenvalue weighted by Crippen LogP contribution is 2.19. The SMILES string of the molecule is CNC(=O)CCc1ccccc1NC(=O)c1cccc(S(C)(=O)=O)c1. The number of carbonyl (C=O) groups is 2. The third-order valence-corrected chi connectivity index (χ3v) is 4.80. The number of para-hydroxylation sites is 1. The molecule has 2 rings (SSSR count). The van der Waals surface area contributed by atoms with Gasteiger partial charge in [0.15, 0.2) is 9.84 Å². The monoisotopic (exact) mass is 360 g/mol. The van der Waals surface area contributed by atoms with Gasteiger partial charge in [-0.05, 0) is 36.2 Å². The maximum absolute atomic E-state index is 12.5. The van der Waals surface area contributed by atoms with E-state index in [-0.39, 0.29) is 16.4 Å². The van der Waals surface area contributed by atoms with Crippen molar-refractivity contribution in [1.29, 1.82) is 0 Å². The van der Waals surface area contributed by atoms with Crippen LogP contribution in [0.5, 0.6) is 0 Å². The molecule has 2 N–H and O–H groups in total. The number of nitrogens with one attached hydrogen (secondary N) is 2. The molecular formula is C18H20N2O4S. The Morgan fingerprint density at radius 2 is 1.76 bits per heavy atom. The van der Waals surface area contributed by atoms with Crippen molar-refractivity contribution in [2.45, 2.75) is 17.7 Å². The van der Waals surface area contributed by atoms with Crippen LogP contribution in [0.15, 0.2) is 53.4 Å². The second kappa shape index (κ2) is 7.94. The molecule has 0 unspecified atom stereocenters. The molecule has 0 bridgehead atoms. The molecule has 0 aliphatic carbocycles. The van der Waals surface area contributed by atoms with Gasteiger partial charge in [-0.15, -0.1) is 0 Å². The van der Waals surface area contributed by atoms with Crippen LogP contribution in [0.3, 0.4) is 0 Å². The van der Waals surface area contributed by atoms with Crippen molar-refractivity contribution < 1.29 is 18.0 Å². The molecular weight excluding hydrogens is 340 g/mol. The van der Waals surface area contributed by atoms with Crippen LogP contribution < -0.4 is 10.6 Å². The number of sulfone groups is 1. The fourth-order valence-corrected chi connectivity index (χ4v) is 2.96. The molecule has 0 radical (unpaired) electrons. The molecule has 2 aromatic rings. The molecule has 7 heteroatoms. The summed E-state index contributed by atoms with van der Waals surface area (Å²) in [6.07, 6.45) is 1.89. The molecule has 132 valence electrons. The molecule has 0 aliphatic rings. The second-order valence-corrected chi connectivity index (χ2v) is 7.60. The topological polar surface area (TPSA) is 92.3 Å². The summed E-state index contributed by atoms with van der Waals surface area (Å²) < 4.78 is 23.3. The van der Waals surface area contributed by atoms with Crippen LogP contribution in [-0.4, -0.2) is 33.5 Å². The van der Waals surface area contributed by atoms with Crippen molar-refractivity contribution in [3.05, 3.63) is 59.7 Å². The summed E-state index contributed by atoms with van der Waals surface area (Å²) >= 11 is 0. The number of rotatable bonds is 6. The fraction of sp³-hybridized carbons (Fsp3) is 0.222. The van der Waals surface area contributed by atoms with E-state index in [0.29, 0.717) is 18.5 Å². The summed E-state index contributed by atoms with van der Waals surface area (Å²) in [5, 5.41) is 5.34. The van der Waals surface area contributed by atoms with Gasteiger partial charge in [0, 0.05) is 31.0 Å². The molecule has 0 spiro atoms. The molecule has 0 aliphatic heterocycles. The highest BCUT2D eigenvalue weighted by atomic mass is 32.2. The quantitative estimate of drug-likeness (QED) is 0.824. The number of benzene rings is 2. The van der Waals surface area contributed by atoms with Gasteiger partial charge in [-0.3, -0.25) is 9.59 Å². The van der Waals surface area contributed by atoms with Gasteiger partial charge in [0.1, 0.15) is 0 Å². The molecule has 0 saturated heterocycles. The highest BCUT2D eigenvalue weighted by Gasteiger charge is 2.13. The summed E-state index contributed by atoms with van der Waals surface area (Å²) in [5.74, 6) is -0.486. The first kappa shape index (κ1) is 18.7. The lowest BCUT2D eigenvalue weighted by Gasteiger charge is -2.11. The average Bonchev–Trinajstić information content (AvgIpc) is 2.60. The molecule has 0 fully saturated rings. The van der Waals surface area contributed by atoms with Crippen molar-refractivity contribution in [1.82, 2.24) is 5.32 Å². The van der Waals surface area contributed by atoms with Gasteiger partial charge in [0.05, 0.1) is 4.90 Å². The van der Waals surface area contributed by atoms with Crippen LogP contribution in [0.25, 0.3) is 0 Å². The smallest absolute Gasteiger partial charge is 0.255 e. The predicted molar refractivity (Wildman–Crippen MR) is 96.3 cm³/mol. The van der Waals surface area contributed by atoms with E-state index in [1.165, 1.54) is 18.2 Å². The zero-order valence-corrected chi connectivity index (χ0v) is 14.9. The minimum Gasteiger partial charge on any atom is -0.359 e. The van der Waals surface area contributed by atoms with Gasteiger partial charge in [-0.25, -0.2) is 8.42 Å². The van der Waals surface area contributed by atoms with Gasteiger partial charge >= 0.3 is 0 Å². The molecule has 2 aromatic carbocycles. The lowest BCUT2D eigenvalue weighted by Crippen LogP contribution is -2.19. The Morgan fingerprint density at radius 3 is 2.44 bits per heavy atom. The van der Waals surface area contributed by atoms with Crippen molar-refractivity contribution >= 4 is 27.3 Å². The summed E-state index contributed by atoms with van der Waals surface area (Å²) in [7, 11) is -1.81. The maximum atomic E-state index is 12.5. The van der Waals surface area contributed by atoms with Gasteiger partial charge in [0.25, 0.3) is 5.91 Å². The van der Waals surface area contributed by atoms with Crippen LogP contribution in [0.1, 0.15) is 22.3 Å². The van der Waals surface area contributed by atoms with Gasteiger partial charge in [-0.1, -0.05) is 24.3 Å². The maximum Gasteiger partial charge on any atom is 0.255 e. The minimum atomic E-state index is -3.39. The highest BCUT2D eigenvalue weighted by molar-refractivity contribution is 7.90. The van der Waals surface area contributed by atoms with Crippen molar-refractivity contribution in [2.75, 3.05) is 18.6 Å². The number of carbonyl (C=O) groups excluding carboxylic acids is 2. The first-order chi connectivity index (χ1) is 11.8. The second-order valence-electron chi connectivity index (χ2n) is 5.58. The third-order valence-electron chi connectivity index (χ3n) is 3.69. The molecule has 25 heavy (non-hydrogen) atoms. The molecule has 0 atom stereocenters. The molecule has 0 aromatic heterocycles. The molecule has 0 heterocycles. The largest absolute Gasteiger partial charge is 0.359 e. The van der Waals surface area contributed by atoms with Crippen molar-refractivity contribution in [3.63, 3.8) is 0 Å². The summed E-state index contributed by atoms with van der Waals surface area (Å²) in [4.78, 5) is 24.0. The molecule has 2 amide bonds. The summed E-state index contributed by atoms with van der Waals surface area (Å²) in [6, 6.07) is 13.1. The first-order valence-corrected chi connectivity index (χ1v) is 9.60. The lowest BCUT2D eigenvalue weighted by atomic mass is 10.1. The van der Waals surface area contributed by atoms with E-state index in [9.17, 15) is 18.0 Å². The van der Waals surface area contributed by atoms with Gasteiger partial charge < -0.3 is 10.6 Å². The van der Waals surface area contributed by atoms with Gasteiger partial charge in [-0.2, -0.15) is 0 Å². The van der Waals surface area contributed by atoms with Crippen molar-refractivity contribution in [3.8, 4) is 0 Å². The van der Waals surface area contributed by atoms with E-state index in [1.807, 2.05) is 12.1 Å². The Hall–Kier alpha value is -2.67. The Balaban J connectivity index is 2.20. The summed E-state index contributed by atoms with van der Waals surface area (Å²) in [6.45, 7) is 0. The Labute approximate surface area is 147 Å². The van der Waals surface area contributed by atoms with Crippen LogP contribution in [-0.2, 0) is 21.1 Å². The van der Waals surface area contributed by atoms with Crippen molar-refractivity contribution in [2.24, 2.45) is 0 Å². The number of aryl methyl sites for hydroxylation is 1. The van der Waals surface area contributed by atoms with E-state index < -0.39 is 15.7 Å². The minimum absolute atomic E-state index is 0.0815. The van der Waals surface area contributed by atoms with Crippen LogP contribution in [0.2, 0.25) is 0 Å². The predicted octanol–water partition coefficient (Wildman–Crippen LogP) is 2.02. The summed E-state index contributed by atoms with van der Waals surface area (Å²) in [5.41, 5.74) is 1.68. The van der Waals surface area contributed by atoms with Crippen LogP contribution in [0, 0.1) is 0 Å². The number of amides is 2.